The van der Waals surface area contributed by atoms with Crippen LogP contribution in [0.4, 0.5) is 0 Å². The Labute approximate surface area is 86.3 Å². The van der Waals surface area contributed by atoms with E-state index in [2.05, 4.69) is 0 Å². The van der Waals surface area contributed by atoms with Crippen LogP contribution in [0.3, 0.4) is 0 Å². The van der Waals surface area contributed by atoms with Crippen LogP contribution in [0.5, 0.6) is 0 Å². The number of carbonyl (C=O) groups excluding carboxylic acids is 1. The van der Waals surface area contributed by atoms with Crippen LogP contribution in [0, 0.1) is 11.3 Å². The molecule has 0 saturated carbocycles. The highest BCUT2D eigenvalue weighted by Gasteiger charge is 2.31. The Morgan fingerprint density at radius 2 is 2.07 bits per heavy atom. The molecule has 0 unspecified atom stereocenters. The van der Waals surface area contributed by atoms with Crippen molar-refractivity contribution in [3.8, 4) is 6.07 Å². The topological polar surface area (TPSA) is 84.6 Å². The summed E-state index contributed by atoms with van der Waals surface area (Å²) in [6.45, 7) is 0.375. The van der Waals surface area contributed by atoms with Gasteiger partial charge >= 0.3 is 0 Å². The molecule has 2 N–H and O–H groups in total. The van der Waals surface area contributed by atoms with Gasteiger partial charge in [-0.25, -0.2) is 0 Å². The number of nitrogens with zero attached hydrogens (tertiary/aromatic N) is 2. The molecule has 1 rings (SSSR count). The van der Waals surface area contributed by atoms with Gasteiger partial charge in [-0.2, -0.15) is 5.26 Å². The summed E-state index contributed by atoms with van der Waals surface area (Å²) < 4.78 is 0. The van der Waals surface area contributed by atoms with Gasteiger partial charge in [0.1, 0.15) is 0 Å². The first-order chi connectivity index (χ1) is 6.65. The van der Waals surface area contributed by atoms with Gasteiger partial charge in [0.25, 0.3) is 0 Å². The molecule has 1 fully saturated rings. The zero-order valence-electron chi connectivity index (χ0n) is 7.59. The van der Waals surface area contributed by atoms with Crippen LogP contribution in [0.1, 0.15) is 0 Å². The monoisotopic (exact) mass is 216 g/mol. The highest BCUT2D eigenvalue weighted by Crippen LogP contribution is 2.12. The summed E-state index contributed by atoms with van der Waals surface area (Å²) in [6, 6.07) is 1.92. The van der Waals surface area contributed by atoms with E-state index in [9.17, 15) is 15.0 Å². The minimum atomic E-state index is -0.833. The van der Waals surface area contributed by atoms with E-state index < -0.39 is 12.2 Å². The van der Waals surface area contributed by atoms with Crippen molar-refractivity contribution in [1.29, 1.82) is 5.26 Å². The minimum Gasteiger partial charge on any atom is -0.388 e. The SMILES string of the molecule is N#CCSCC(=O)N1C[C@@H](O)[C@@H](O)C1. The van der Waals surface area contributed by atoms with Crippen molar-refractivity contribution in [2.24, 2.45) is 0 Å². The molecule has 1 saturated heterocycles. The molecule has 0 aromatic rings. The molecule has 1 amide bonds. The van der Waals surface area contributed by atoms with Crippen LogP contribution < -0.4 is 0 Å². The highest BCUT2D eigenvalue weighted by molar-refractivity contribution is 8.00. The number of rotatable bonds is 3. The first-order valence-corrected chi connectivity index (χ1v) is 5.39. The fourth-order valence-corrected chi connectivity index (χ4v) is 1.80. The number of aliphatic hydroxyl groups excluding tert-OH is 2. The standard InChI is InChI=1S/C8H12N2O3S/c9-1-2-14-5-8(13)10-3-6(11)7(12)4-10/h6-7,11-12H,2-5H2/t6-,7+. The predicted molar refractivity (Wildman–Crippen MR) is 51.5 cm³/mol. The van der Waals surface area contributed by atoms with Crippen LogP contribution in [0.25, 0.3) is 0 Å². The van der Waals surface area contributed by atoms with Gasteiger partial charge in [0.05, 0.1) is 29.8 Å². The van der Waals surface area contributed by atoms with Crippen molar-refractivity contribution in [3.63, 3.8) is 0 Å². The molecule has 0 aliphatic carbocycles. The second kappa shape index (κ2) is 5.20. The third-order valence-electron chi connectivity index (χ3n) is 2.00. The maximum absolute atomic E-state index is 11.4. The molecule has 1 aliphatic heterocycles. The lowest BCUT2D eigenvalue weighted by molar-refractivity contribution is -0.127. The molecule has 78 valence electrons. The Kier molecular flexibility index (Phi) is 4.20. The van der Waals surface area contributed by atoms with Crippen molar-refractivity contribution in [1.82, 2.24) is 4.90 Å². The third-order valence-corrected chi connectivity index (χ3v) is 2.79. The summed E-state index contributed by atoms with van der Waals surface area (Å²) in [6.07, 6.45) is -1.67. The van der Waals surface area contributed by atoms with Crippen molar-refractivity contribution >= 4 is 17.7 Å². The number of carbonyl (C=O) groups is 1. The van der Waals surface area contributed by atoms with Gasteiger partial charge in [-0.15, -0.1) is 11.8 Å². The van der Waals surface area contributed by atoms with E-state index in [1.165, 1.54) is 16.7 Å². The number of thioether (sulfide) groups is 1. The van der Waals surface area contributed by atoms with E-state index >= 15 is 0 Å². The van der Waals surface area contributed by atoms with Gasteiger partial charge in [0.2, 0.25) is 5.91 Å². The summed E-state index contributed by atoms with van der Waals surface area (Å²) in [5.41, 5.74) is 0. The van der Waals surface area contributed by atoms with Gasteiger partial charge in [-0.05, 0) is 0 Å². The number of amides is 1. The first kappa shape index (κ1) is 11.3. The lowest BCUT2D eigenvalue weighted by Crippen LogP contribution is -2.31. The number of hydrogen-bond acceptors (Lipinski definition) is 5. The van der Waals surface area contributed by atoms with E-state index in [0.29, 0.717) is 0 Å². The fourth-order valence-electron chi connectivity index (χ4n) is 1.25. The Hall–Kier alpha value is -0.770. The van der Waals surface area contributed by atoms with Crippen molar-refractivity contribution in [2.45, 2.75) is 12.2 Å². The van der Waals surface area contributed by atoms with Gasteiger partial charge in [0.15, 0.2) is 0 Å². The maximum Gasteiger partial charge on any atom is 0.232 e. The fraction of sp³-hybridized carbons (Fsp3) is 0.750. The molecule has 0 bridgehead atoms. The lowest BCUT2D eigenvalue weighted by Gasteiger charge is -2.14. The molecule has 14 heavy (non-hydrogen) atoms. The normalized spacial score (nSPS) is 26.2. The van der Waals surface area contributed by atoms with Crippen LogP contribution in [0.2, 0.25) is 0 Å². The van der Waals surface area contributed by atoms with Crippen molar-refractivity contribution in [2.75, 3.05) is 24.6 Å². The average molecular weight is 216 g/mol. The van der Waals surface area contributed by atoms with E-state index in [0.717, 1.165) is 0 Å². The van der Waals surface area contributed by atoms with Gasteiger partial charge in [-0.1, -0.05) is 0 Å². The Bertz CT molecular complexity index is 243. The molecule has 0 aromatic heterocycles. The second-order valence-corrected chi connectivity index (χ2v) is 4.07. The number of likely N-dealkylation sites (tertiary alicyclic amines) is 1. The third kappa shape index (κ3) is 2.87. The van der Waals surface area contributed by atoms with Gasteiger partial charge < -0.3 is 15.1 Å². The summed E-state index contributed by atoms with van der Waals surface area (Å²) >= 11 is 1.24. The minimum absolute atomic E-state index is 0.138. The van der Waals surface area contributed by atoms with Crippen LogP contribution in [-0.2, 0) is 4.79 Å². The molecular weight excluding hydrogens is 204 g/mol. The summed E-state index contributed by atoms with van der Waals surface area (Å²) in [7, 11) is 0. The lowest BCUT2D eigenvalue weighted by atomic mass is 10.3. The zero-order valence-corrected chi connectivity index (χ0v) is 8.40. The van der Waals surface area contributed by atoms with Gasteiger partial charge in [0, 0.05) is 13.1 Å². The average Bonchev–Trinajstić information content (AvgIpc) is 2.47. The van der Waals surface area contributed by atoms with E-state index in [-0.39, 0.29) is 30.5 Å². The first-order valence-electron chi connectivity index (χ1n) is 4.23. The summed E-state index contributed by atoms with van der Waals surface area (Å²) in [5, 5.41) is 26.6. The Balaban J connectivity index is 2.29. The Morgan fingerprint density at radius 1 is 1.50 bits per heavy atom. The number of aliphatic hydroxyl groups is 2. The second-order valence-electron chi connectivity index (χ2n) is 3.08. The molecule has 0 spiro atoms. The molecule has 2 atom stereocenters. The van der Waals surface area contributed by atoms with Crippen molar-refractivity contribution < 1.29 is 15.0 Å². The highest BCUT2D eigenvalue weighted by atomic mass is 32.2. The number of hydrogen-bond donors (Lipinski definition) is 2. The van der Waals surface area contributed by atoms with Crippen molar-refractivity contribution in [3.05, 3.63) is 0 Å². The van der Waals surface area contributed by atoms with Crippen LogP contribution in [-0.4, -0.2) is 57.8 Å². The summed E-state index contributed by atoms with van der Waals surface area (Å²) in [5.74, 6) is 0.373. The van der Waals surface area contributed by atoms with E-state index in [1.807, 2.05) is 6.07 Å². The van der Waals surface area contributed by atoms with E-state index in [4.69, 9.17) is 5.26 Å². The molecule has 6 heteroatoms. The van der Waals surface area contributed by atoms with E-state index in [1.54, 1.807) is 0 Å². The largest absolute Gasteiger partial charge is 0.388 e. The summed E-state index contributed by atoms with van der Waals surface area (Å²) in [4.78, 5) is 12.8. The molecule has 5 nitrogen and oxygen atoms in total. The molecule has 1 aliphatic rings. The maximum atomic E-state index is 11.4. The number of β-amino-alcohol motifs (C(OH)–C–C–N with tert-alkyl or cyclic N) is 2. The Morgan fingerprint density at radius 3 is 2.57 bits per heavy atom. The van der Waals surface area contributed by atoms with Crippen LogP contribution >= 0.6 is 11.8 Å². The van der Waals surface area contributed by atoms with Crippen LogP contribution in [0.15, 0.2) is 0 Å². The zero-order chi connectivity index (χ0) is 10.6. The van der Waals surface area contributed by atoms with Gasteiger partial charge in [-0.3, -0.25) is 4.79 Å². The smallest absolute Gasteiger partial charge is 0.232 e. The molecule has 0 radical (unpaired) electrons. The molecule has 0 aromatic carbocycles. The predicted octanol–water partition coefficient (Wildman–Crippen LogP) is -1.19. The molecule has 1 heterocycles. The quantitative estimate of drug-likeness (QED) is 0.579. The molecular formula is C8H12N2O3S. The number of nitriles is 1.